The topological polar surface area (TPSA) is 29.3 Å². The van der Waals surface area contributed by atoms with Crippen LogP contribution in [0.4, 0.5) is 5.69 Å². The van der Waals surface area contributed by atoms with Gasteiger partial charge in [-0.3, -0.25) is 0 Å². The molecule has 0 unspecified atom stereocenters. The minimum Gasteiger partial charge on any atom is -0.398 e. The molecule has 1 saturated heterocycles. The van der Waals surface area contributed by atoms with Gasteiger partial charge in [-0.05, 0) is 56.5 Å². The summed E-state index contributed by atoms with van der Waals surface area (Å²) in [4.78, 5) is 2.60. The molecule has 0 saturated carbocycles. The zero-order valence-electron chi connectivity index (χ0n) is 10.9. The molecular weight excluding hydrogens is 208 g/mol. The Bertz CT molecular complexity index is 332. The number of anilines is 1. The maximum Gasteiger partial charge on any atom is 0.0349 e. The fourth-order valence-corrected chi connectivity index (χ4v) is 2.70. The van der Waals surface area contributed by atoms with Crippen molar-refractivity contribution in [3.8, 4) is 0 Å². The SMILES string of the molecule is Cc1cccc(N)c1CCN1CCCCCC1. The zero-order valence-corrected chi connectivity index (χ0v) is 10.9. The first-order valence-corrected chi connectivity index (χ1v) is 6.83. The highest BCUT2D eigenvalue weighted by Crippen LogP contribution is 2.18. The quantitative estimate of drug-likeness (QED) is 0.812. The van der Waals surface area contributed by atoms with Gasteiger partial charge in [-0.2, -0.15) is 0 Å². The molecule has 0 atom stereocenters. The lowest BCUT2D eigenvalue weighted by Crippen LogP contribution is -2.27. The second-order valence-corrected chi connectivity index (χ2v) is 5.15. The molecule has 17 heavy (non-hydrogen) atoms. The molecular formula is C15H24N2. The molecule has 1 fully saturated rings. The zero-order chi connectivity index (χ0) is 12.1. The number of aryl methyl sites for hydroxylation is 1. The van der Waals surface area contributed by atoms with Crippen molar-refractivity contribution in [2.24, 2.45) is 0 Å². The number of benzene rings is 1. The first-order chi connectivity index (χ1) is 8.27. The summed E-state index contributed by atoms with van der Waals surface area (Å²) in [5, 5.41) is 0. The van der Waals surface area contributed by atoms with Gasteiger partial charge in [0, 0.05) is 12.2 Å². The van der Waals surface area contributed by atoms with E-state index in [1.54, 1.807) is 0 Å². The predicted molar refractivity (Wildman–Crippen MR) is 74.2 cm³/mol. The normalized spacial score (nSPS) is 17.9. The Morgan fingerprint density at radius 2 is 1.82 bits per heavy atom. The van der Waals surface area contributed by atoms with Crippen LogP contribution >= 0.6 is 0 Å². The Morgan fingerprint density at radius 3 is 2.47 bits per heavy atom. The standard InChI is InChI=1S/C15H24N2/c1-13-7-6-8-15(16)14(13)9-12-17-10-4-2-3-5-11-17/h6-8H,2-5,9-12,16H2,1H3. The van der Waals surface area contributed by atoms with Crippen molar-refractivity contribution in [3.05, 3.63) is 29.3 Å². The molecule has 1 aliphatic heterocycles. The Kier molecular flexibility index (Phi) is 4.43. The fourth-order valence-electron chi connectivity index (χ4n) is 2.70. The van der Waals surface area contributed by atoms with Crippen LogP contribution in [0.25, 0.3) is 0 Å². The summed E-state index contributed by atoms with van der Waals surface area (Å²) < 4.78 is 0. The van der Waals surface area contributed by atoms with E-state index in [9.17, 15) is 0 Å². The average Bonchev–Trinajstić information content (AvgIpc) is 2.57. The minimum atomic E-state index is 0.958. The van der Waals surface area contributed by atoms with Gasteiger partial charge >= 0.3 is 0 Å². The molecule has 94 valence electrons. The van der Waals surface area contributed by atoms with Gasteiger partial charge in [0.2, 0.25) is 0 Å². The van der Waals surface area contributed by atoms with Crippen LogP contribution in [0.1, 0.15) is 36.8 Å². The molecule has 1 aliphatic rings. The van der Waals surface area contributed by atoms with Gasteiger partial charge in [0.15, 0.2) is 0 Å². The first-order valence-electron chi connectivity index (χ1n) is 6.83. The Labute approximate surface area is 105 Å². The highest BCUT2D eigenvalue weighted by Gasteiger charge is 2.10. The largest absolute Gasteiger partial charge is 0.398 e. The molecule has 0 aliphatic carbocycles. The summed E-state index contributed by atoms with van der Waals surface area (Å²) in [5.74, 6) is 0. The van der Waals surface area contributed by atoms with Crippen molar-refractivity contribution in [1.82, 2.24) is 4.90 Å². The van der Waals surface area contributed by atoms with E-state index in [0.29, 0.717) is 0 Å². The lowest BCUT2D eigenvalue weighted by atomic mass is 10.0. The highest BCUT2D eigenvalue weighted by molar-refractivity contribution is 5.50. The summed E-state index contributed by atoms with van der Waals surface area (Å²) in [6.45, 7) is 5.86. The molecule has 1 aromatic carbocycles. The van der Waals surface area contributed by atoms with Crippen LogP contribution in [0.15, 0.2) is 18.2 Å². The molecule has 2 heteroatoms. The summed E-state index contributed by atoms with van der Waals surface area (Å²) in [7, 11) is 0. The van der Waals surface area contributed by atoms with E-state index in [0.717, 1.165) is 18.7 Å². The van der Waals surface area contributed by atoms with Crippen LogP contribution in [0, 0.1) is 6.92 Å². The van der Waals surface area contributed by atoms with Crippen molar-refractivity contribution < 1.29 is 0 Å². The molecule has 2 N–H and O–H groups in total. The molecule has 2 rings (SSSR count). The summed E-state index contributed by atoms with van der Waals surface area (Å²) in [5.41, 5.74) is 9.68. The summed E-state index contributed by atoms with van der Waals surface area (Å²) in [6.07, 6.45) is 6.64. The van der Waals surface area contributed by atoms with E-state index >= 15 is 0 Å². The molecule has 1 heterocycles. The van der Waals surface area contributed by atoms with Gasteiger partial charge in [-0.15, -0.1) is 0 Å². The van der Waals surface area contributed by atoms with Gasteiger partial charge in [-0.1, -0.05) is 25.0 Å². The first kappa shape index (κ1) is 12.4. The second-order valence-electron chi connectivity index (χ2n) is 5.15. The molecule has 1 aromatic rings. The molecule has 2 nitrogen and oxygen atoms in total. The van der Waals surface area contributed by atoms with Gasteiger partial charge in [0.05, 0.1) is 0 Å². The van der Waals surface area contributed by atoms with Crippen molar-refractivity contribution in [2.75, 3.05) is 25.4 Å². The third-order valence-electron chi connectivity index (χ3n) is 3.82. The van der Waals surface area contributed by atoms with E-state index in [4.69, 9.17) is 5.73 Å². The van der Waals surface area contributed by atoms with Crippen molar-refractivity contribution >= 4 is 5.69 Å². The van der Waals surface area contributed by atoms with Crippen LogP contribution in [0.3, 0.4) is 0 Å². The van der Waals surface area contributed by atoms with Crippen LogP contribution in [0.5, 0.6) is 0 Å². The van der Waals surface area contributed by atoms with E-state index in [-0.39, 0.29) is 0 Å². The van der Waals surface area contributed by atoms with Crippen LogP contribution in [-0.2, 0) is 6.42 Å². The third-order valence-corrected chi connectivity index (χ3v) is 3.82. The molecule has 0 radical (unpaired) electrons. The highest BCUT2D eigenvalue weighted by atomic mass is 15.1. The van der Waals surface area contributed by atoms with E-state index in [2.05, 4.69) is 17.9 Å². The summed E-state index contributed by atoms with van der Waals surface area (Å²) >= 11 is 0. The number of nitrogens with zero attached hydrogens (tertiary/aromatic N) is 1. The van der Waals surface area contributed by atoms with Crippen molar-refractivity contribution in [1.29, 1.82) is 0 Å². The van der Waals surface area contributed by atoms with E-state index < -0.39 is 0 Å². The maximum absolute atomic E-state index is 6.05. The van der Waals surface area contributed by atoms with Crippen LogP contribution < -0.4 is 5.73 Å². The maximum atomic E-state index is 6.05. The van der Waals surface area contributed by atoms with Gasteiger partial charge in [0.1, 0.15) is 0 Å². The Morgan fingerprint density at radius 1 is 1.12 bits per heavy atom. The smallest absolute Gasteiger partial charge is 0.0349 e. The number of nitrogens with two attached hydrogens (primary N) is 1. The average molecular weight is 232 g/mol. The fraction of sp³-hybridized carbons (Fsp3) is 0.600. The van der Waals surface area contributed by atoms with Gasteiger partial charge in [0.25, 0.3) is 0 Å². The number of nitrogen functional groups attached to an aromatic ring is 1. The third kappa shape index (κ3) is 3.47. The number of likely N-dealkylation sites (tertiary alicyclic amines) is 1. The van der Waals surface area contributed by atoms with E-state index in [1.165, 1.54) is 49.9 Å². The van der Waals surface area contributed by atoms with Crippen molar-refractivity contribution in [2.45, 2.75) is 39.0 Å². The number of rotatable bonds is 3. The molecule has 0 amide bonds. The predicted octanol–water partition coefficient (Wildman–Crippen LogP) is 3.00. The lowest BCUT2D eigenvalue weighted by Gasteiger charge is -2.20. The van der Waals surface area contributed by atoms with Crippen molar-refractivity contribution in [3.63, 3.8) is 0 Å². The second kappa shape index (κ2) is 6.06. The lowest BCUT2D eigenvalue weighted by molar-refractivity contribution is 0.289. The van der Waals surface area contributed by atoms with Crippen LogP contribution in [0.2, 0.25) is 0 Å². The molecule has 0 spiro atoms. The molecule has 0 bridgehead atoms. The van der Waals surface area contributed by atoms with E-state index in [1.807, 2.05) is 12.1 Å². The molecule has 0 aromatic heterocycles. The Hall–Kier alpha value is -1.02. The number of hydrogen-bond donors (Lipinski definition) is 1. The number of hydrogen-bond acceptors (Lipinski definition) is 2. The minimum absolute atomic E-state index is 0.958. The van der Waals surface area contributed by atoms with Crippen LogP contribution in [-0.4, -0.2) is 24.5 Å². The van der Waals surface area contributed by atoms with Gasteiger partial charge < -0.3 is 10.6 Å². The summed E-state index contributed by atoms with van der Waals surface area (Å²) in [6, 6.07) is 6.22. The van der Waals surface area contributed by atoms with Gasteiger partial charge in [-0.25, -0.2) is 0 Å². The Balaban J connectivity index is 1.92. The monoisotopic (exact) mass is 232 g/mol.